The van der Waals surface area contributed by atoms with Gasteiger partial charge in [0.05, 0.1) is 0 Å². The molecule has 0 radical (unpaired) electrons. The van der Waals surface area contributed by atoms with Crippen molar-refractivity contribution in [1.82, 2.24) is 25.3 Å². The zero-order chi connectivity index (χ0) is 17.2. The third-order valence-corrected chi connectivity index (χ3v) is 4.39. The minimum absolute atomic E-state index is 0.106. The second-order valence-corrected chi connectivity index (χ2v) is 6.47. The van der Waals surface area contributed by atoms with Gasteiger partial charge in [0, 0.05) is 50.3 Å². The average molecular weight is 339 g/mol. The zero-order valence-corrected chi connectivity index (χ0v) is 14.2. The van der Waals surface area contributed by atoms with Crippen molar-refractivity contribution in [2.75, 3.05) is 36.0 Å². The second kappa shape index (κ2) is 6.62. The summed E-state index contributed by atoms with van der Waals surface area (Å²) in [5, 5.41) is 2.98. The van der Waals surface area contributed by atoms with E-state index in [0.717, 1.165) is 50.7 Å². The predicted molar refractivity (Wildman–Crippen MR) is 93.7 cm³/mol. The van der Waals surface area contributed by atoms with E-state index in [1.807, 2.05) is 13.0 Å². The molecular weight excluding hydrogens is 318 g/mol. The van der Waals surface area contributed by atoms with Gasteiger partial charge >= 0.3 is 0 Å². The molecule has 1 N–H and O–H groups in total. The van der Waals surface area contributed by atoms with Crippen LogP contribution < -0.4 is 15.1 Å². The molecule has 0 aromatic carbocycles. The first-order chi connectivity index (χ1) is 12.2. The minimum atomic E-state index is -0.106. The maximum absolute atomic E-state index is 12.3. The fourth-order valence-electron chi connectivity index (χ4n) is 2.86. The van der Waals surface area contributed by atoms with Crippen LogP contribution in [0.5, 0.6) is 0 Å². The zero-order valence-electron chi connectivity index (χ0n) is 14.2. The average Bonchev–Trinajstić information content (AvgIpc) is 3.46. The summed E-state index contributed by atoms with van der Waals surface area (Å²) < 4.78 is 0. The number of amides is 1. The molecule has 130 valence electrons. The highest BCUT2D eigenvalue weighted by Crippen LogP contribution is 2.20. The normalized spacial score (nSPS) is 17.5. The van der Waals surface area contributed by atoms with Crippen LogP contribution in [0.15, 0.2) is 24.5 Å². The Balaban J connectivity index is 1.45. The molecular formula is C17H21N7O. The summed E-state index contributed by atoms with van der Waals surface area (Å²) in [4.78, 5) is 34.1. The number of hydrogen-bond acceptors (Lipinski definition) is 7. The lowest BCUT2D eigenvalue weighted by molar-refractivity contribution is 0.0946. The number of piperazine rings is 1. The fourth-order valence-corrected chi connectivity index (χ4v) is 2.86. The number of nitrogens with zero attached hydrogens (tertiary/aromatic N) is 6. The van der Waals surface area contributed by atoms with E-state index in [1.54, 1.807) is 18.5 Å². The van der Waals surface area contributed by atoms with Crippen LogP contribution in [0, 0.1) is 6.92 Å². The summed E-state index contributed by atoms with van der Waals surface area (Å²) in [6, 6.07) is 3.88. The Kier molecular flexibility index (Phi) is 4.17. The van der Waals surface area contributed by atoms with Crippen LogP contribution >= 0.6 is 0 Å². The number of carbonyl (C=O) groups is 1. The molecule has 1 aliphatic carbocycles. The largest absolute Gasteiger partial charge is 0.348 e. The molecule has 0 spiro atoms. The molecule has 0 atom stereocenters. The summed E-state index contributed by atoms with van der Waals surface area (Å²) in [7, 11) is 0. The van der Waals surface area contributed by atoms with Crippen molar-refractivity contribution >= 4 is 17.8 Å². The van der Waals surface area contributed by atoms with E-state index in [0.29, 0.717) is 17.7 Å². The first-order valence-electron chi connectivity index (χ1n) is 8.62. The van der Waals surface area contributed by atoms with Gasteiger partial charge in [0.2, 0.25) is 11.9 Å². The molecule has 1 saturated heterocycles. The minimum Gasteiger partial charge on any atom is -0.348 e. The summed E-state index contributed by atoms with van der Waals surface area (Å²) >= 11 is 0. The van der Waals surface area contributed by atoms with Crippen molar-refractivity contribution < 1.29 is 4.79 Å². The van der Waals surface area contributed by atoms with E-state index in [9.17, 15) is 4.79 Å². The van der Waals surface area contributed by atoms with Crippen molar-refractivity contribution in [1.29, 1.82) is 0 Å². The van der Waals surface area contributed by atoms with Gasteiger partial charge in [-0.25, -0.2) is 19.9 Å². The summed E-state index contributed by atoms with van der Waals surface area (Å²) in [5.74, 6) is 1.26. The standard InChI is InChI=1S/C17H21N7O/c1-12-11-14(15(25)21-13-3-4-13)22-17(20-12)24-9-7-23(8-10-24)16-18-5-2-6-19-16/h2,5-6,11,13H,3-4,7-10H2,1H3,(H,21,25). The number of nitrogens with one attached hydrogen (secondary N) is 1. The monoisotopic (exact) mass is 339 g/mol. The van der Waals surface area contributed by atoms with Crippen molar-refractivity contribution in [3.8, 4) is 0 Å². The number of rotatable bonds is 4. The van der Waals surface area contributed by atoms with Gasteiger partial charge in [-0.3, -0.25) is 4.79 Å². The van der Waals surface area contributed by atoms with E-state index < -0.39 is 0 Å². The maximum atomic E-state index is 12.3. The van der Waals surface area contributed by atoms with Crippen LogP contribution in [-0.4, -0.2) is 58.1 Å². The van der Waals surface area contributed by atoms with Crippen molar-refractivity contribution in [3.05, 3.63) is 35.9 Å². The lowest BCUT2D eigenvalue weighted by Gasteiger charge is -2.34. The second-order valence-electron chi connectivity index (χ2n) is 6.47. The van der Waals surface area contributed by atoms with Crippen LogP contribution in [0.3, 0.4) is 0 Å². The van der Waals surface area contributed by atoms with Gasteiger partial charge in [0.1, 0.15) is 5.69 Å². The molecule has 2 fully saturated rings. The van der Waals surface area contributed by atoms with Crippen LogP contribution in [-0.2, 0) is 0 Å². The lowest BCUT2D eigenvalue weighted by Crippen LogP contribution is -2.47. The maximum Gasteiger partial charge on any atom is 0.270 e. The first kappa shape index (κ1) is 15.7. The van der Waals surface area contributed by atoms with Crippen LogP contribution in [0.2, 0.25) is 0 Å². The highest BCUT2D eigenvalue weighted by atomic mass is 16.2. The van der Waals surface area contributed by atoms with E-state index in [4.69, 9.17) is 0 Å². The number of anilines is 2. The van der Waals surface area contributed by atoms with Gasteiger partial charge in [-0.2, -0.15) is 0 Å². The summed E-state index contributed by atoms with van der Waals surface area (Å²) in [6.45, 7) is 5.03. The highest BCUT2D eigenvalue weighted by Gasteiger charge is 2.26. The van der Waals surface area contributed by atoms with E-state index in [1.165, 1.54) is 0 Å². The Morgan fingerprint density at radius 3 is 2.32 bits per heavy atom. The molecule has 1 saturated carbocycles. The molecule has 1 aliphatic heterocycles. The molecule has 1 amide bonds. The molecule has 2 aromatic rings. The number of aromatic nitrogens is 4. The van der Waals surface area contributed by atoms with E-state index in [2.05, 4.69) is 35.1 Å². The summed E-state index contributed by atoms with van der Waals surface area (Å²) in [5.41, 5.74) is 1.25. The van der Waals surface area contributed by atoms with Gasteiger partial charge in [-0.15, -0.1) is 0 Å². The van der Waals surface area contributed by atoms with Gasteiger partial charge in [-0.05, 0) is 31.9 Å². The number of aryl methyl sites for hydroxylation is 1. The van der Waals surface area contributed by atoms with Crippen molar-refractivity contribution in [3.63, 3.8) is 0 Å². The molecule has 8 nitrogen and oxygen atoms in total. The number of hydrogen-bond donors (Lipinski definition) is 1. The van der Waals surface area contributed by atoms with Crippen LogP contribution in [0.1, 0.15) is 29.0 Å². The van der Waals surface area contributed by atoms with Gasteiger partial charge in [0.15, 0.2) is 0 Å². The molecule has 2 aliphatic rings. The Morgan fingerprint density at radius 1 is 1.04 bits per heavy atom. The molecule has 0 unspecified atom stereocenters. The SMILES string of the molecule is Cc1cc(C(=O)NC2CC2)nc(N2CCN(c3ncccn3)CC2)n1. The Labute approximate surface area is 146 Å². The molecule has 2 aromatic heterocycles. The van der Waals surface area contributed by atoms with Gasteiger partial charge < -0.3 is 15.1 Å². The lowest BCUT2D eigenvalue weighted by atomic mass is 10.3. The third kappa shape index (κ3) is 3.67. The van der Waals surface area contributed by atoms with Crippen LogP contribution in [0.4, 0.5) is 11.9 Å². The molecule has 8 heteroatoms. The van der Waals surface area contributed by atoms with Crippen LogP contribution in [0.25, 0.3) is 0 Å². The van der Waals surface area contributed by atoms with Gasteiger partial charge in [-0.1, -0.05) is 0 Å². The predicted octanol–water partition coefficient (Wildman–Crippen LogP) is 0.794. The first-order valence-corrected chi connectivity index (χ1v) is 8.62. The van der Waals surface area contributed by atoms with Crippen molar-refractivity contribution in [2.45, 2.75) is 25.8 Å². The summed E-state index contributed by atoms with van der Waals surface area (Å²) in [6.07, 6.45) is 5.63. The molecule has 4 rings (SSSR count). The van der Waals surface area contributed by atoms with Crippen molar-refractivity contribution in [2.24, 2.45) is 0 Å². The third-order valence-electron chi connectivity index (χ3n) is 4.39. The van der Waals surface area contributed by atoms with E-state index >= 15 is 0 Å². The van der Waals surface area contributed by atoms with Gasteiger partial charge in [0.25, 0.3) is 5.91 Å². The molecule has 3 heterocycles. The Hall–Kier alpha value is -2.77. The smallest absolute Gasteiger partial charge is 0.270 e. The molecule has 25 heavy (non-hydrogen) atoms. The molecule has 0 bridgehead atoms. The fraction of sp³-hybridized carbons (Fsp3) is 0.471. The van der Waals surface area contributed by atoms with E-state index in [-0.39, 0.29) is 5.91 Å². The Bertz CT molecular complexity index is 755. The highest BCUT2D eigenvalue weighted by molar-refractivity contribution is 5.93. The Morgan fingerprint density at radius 2 is 1.68 bits per heavy atom. The quantitative estimate of drug-likeness (QED) is 0.881. The number of carbonyl (C=O) groups excluding carboxylic acids is 1. The topological polar surface area (TPSA) is 87.1 Å².